The van der Waals surface area contributed by atoms with E-state index in [0.29, 0.717) is 6.54 Å². The number of aliphatic imine (C=N–C) groups is 1. The highest BCUT2D eigenvalue weighted by Crippen LogP contribution is 2.19. The first-order chi connectivity index (χ1) is 13.8. The van der Waals surface area contributed by atoms with E-state index in [1.54, 1.807) is 0 Å². The molecule has 0 radical (unpaired) electrons. The zero-order valence-electron chi connectivity index (χ0n) is 17.1. The number of aryl methyl sites for hydroxylation is 1. The fourth-order valence-electron chi connectivity index (χ4n) is 4.04. The summed E-state index contributed by atoms with van der Waals surface area (Å²) < 4.78 is 8.39. The molecule has 1 aromatic heterocycles. The maximum absolute atomic E-state index is 6.10. The average Bonchev–Trinajstić information content (AvgIpc) is 2.96. The van der Waals surface area contributed by atoms with Gasteiger partial charge >= 0.3 is 0 Å². The van der Waals surface area contributed by atoms with Gasteiger partial charge < -0.3 is 19.5 Å². The van der Waals surface area contributed by atoms with Crippen molar-refractivity contribution in [2.24, 2.45) is 4.99 Å². The van der Waals surface area contributed by atoms with E-state index in [2.05, 4.69) is 30.0 Å². The summed E-state index contributed by atoms with van der Waals surface area (Å²) >= 11 is 0. The maximum Gasteiger partial charge on any atom is 0.194 e. The third-order valence-electron chi connectivity index (χ3n) is 5.59. The average molecular weight is 510 g/mol. The van der Waals surface area contributed by atoms with E-state index in [1.807, 2.05) is 37.4 Å². The summed E-state index contributed by atoms with van der Waals surface area (Å²) in [6, 6.07) is 10.1. The summed E-state index contributed by atoms with van der Waals surface area (Å²) in [5.74, 6) is 4.03. The summed E-state index contributed by atoms with van der Waals surface area (Å²) in [6.07, 6.45) is 7.00. The first kappa shape index (κ1) is 21.9. The van der Waals surface area contributed by atoms with Crippen LogP contribution in [-0.2, 0) is 19.5 Å². The maximum atomic E-state index is 6.10. The zero-order chi connectivity index (χ0) is 19.2. The third kappa shape index (κ3) is 5.61. The second-order valence-corrected chi connectivity index (χ2v) is 7.51. The molecule has 0 saturated carbocycles. The van der Waals surface area contributed by atoms with Gasteiger partial charge in [-0.25, -0.2) is 0 Å². The topological polar surface area (TPSA) is 67.6 Å². The summed E-state index contributed by atoms with van der Waals surface area (Å²) in [5, 5.41) is 12.3. The fourth-order valence-corrected chi connectivity index (χ4v) is 4.04. The second-order valence-electron chi connectivity index (χ2n) is 7.51. The van der Waals surface area contributed by atoms with Crippen molar-refractivity contribution in [2.75, 3.05) is 20.1 Å². The number of hydrogen-bond acceptors (Lipinski definition) is 4. The van der Waals surface area contributed by atoms with Gasteiger partial charge in [0.15, 0.2) is 11.8 Å². The van der Waals surface area contributed by atoms with E-state index in [9.17, 15) is 0 Å². The number of hydrogen-bond donors (Lipinski definition) is 1. The smallest absolute Gasteiger partial charge is 0.194 e. The summed E-state index contributed by atoms with van der Waals surface area (Å²) in [6.45, 7) is 3.57. The first-order valence-corrected chi connectivity index (χ1v) is 10.4. The predicted octanol–water partition coefficient (Wildman–Crippen LogP) is 3.24. The molecule has 0 bridgehead atoms. The van der Waals surface area contributed by atoms with Gasteiger partial charge in [0.1, 0.15) is 17.7 Å². The number of halogens is 1. The molecule has 0 spiro atoms. The van der Waals surface area contributed by atoms with Gasteiger partial charge in [-0.3, -0.25) is 4.99 Å². The van der Waals surface area contributed by atoms with Crippen molar-refractivity contribution in [1.82, 2.24) is 25.0 Å². The number of likely N-dealkylation sites (tertiary alicyclic amines) is 1. The number of aromatic nitrogens is 3. The molecule has 2 aliphatic rings. The summed E-state index contributed by atoms with van der Waals surface area (Å²) in [5.41, 5.74) is 0. The molecule has 1 saturated heterocycles. The Balaban J connectivity index is 0.00000240. The Kier molecular flexibility index (Phi) is 8.14. The molecule has 1 fully saturated rings. The molecule has 2 aliphatic heterocycles. The van der Waals surface area contributed by atoms with Gasteiger partial charge in [-0.2, -0.15) is 0 Å². The van der Waals surface area contributed by atoms with Gasteiger partial charge in [0.25, 0.3) is 0 Å². The Morgan fingerprint density at radius 3 is 2.66 bits per heavy atom. The molecular formula is C21H31IN6O. The lowest BCUT2D eigenvalue weighted by Gasteiger charge is -2.34. The molecular weight excluding hydrogens is 479 g/mol. The van der Waals surface area contributed by atoms with Crippen LogP contribution >= 0.6 is 24.0 Å². The van der Waals surface area contributed by atoms with Crippen molar-refractivity contribution >= 4 is 29.9 Å². The minimum atomic E-state index is 0. The van der Waals surface area contributed by atoms with E-state index in [-0.39, 0.29) is 30.1 Å². The van der Waals surface area contributed by atoms with E-state index < -0.39 is 0 Å². The number of nitrogens with one attached hydrogen (secondary N) is 1. The van der Waals surface area contributed by atoms with Crippen LogP contribution in [0, 0.1) is 0 Å². The lowest BCUT2D eigenvalue weighted by Crippen LogP contribution is -2.47. The number of rotatable bonds is 4. The number of fused-ring (bicyclic) bond motifs is 1. The van der Waals surface area contributed by atoms with Crippen molar-refractivity contribution in [3.05, 3.63) is 42.0 Å². The van der Waals surface area contributed by atoms with Crippen LogP contribution in [0.15, 0.2) is 35.3 Å². The fraction of sp³-hybridized carbons (Fsp3) is 0.571. The minimum Gasteiger partial charge on any atom is -0.490 e. The monoisotopic (exact) mass is 510 g/mol. The van der Waals surface area contributed by atoms with Gasteiger partial charge in [0.05, 0.1) is 6.54 Å². The number of para-hydroxylation sites is 1. The van der Waals surface area contributed by atoms with Gasteiger partial charge in [0, 0.05) is 45.9 Å². The summed E-state index contributed by atoms with van der Waals surface area (Å²) in [7, 11) is 1.85. The van der Waals surface area contributed by atoms with Crippen LogP contribution in [0.25, 0.3) is 0 Å². The predicted molar refractivity (Wildman–Crippen MR) is 125 cm³/mol. The Labute approximate surface area is 190 Å². The normalized spacial score (nSPS) is 17.8. The first-order valence-electron chi connectivity index (χ1n) is 10.4. The van der Waals surface area contributed by atoms with Crippen LogP contribution in [0.2, 0.25) is 0 Å². The molecule has 4 rings (SSSR count). The van der Waals surface area contributed by atoms with Gasteiger partial charge in [-0.15, -0.1) is 34.2 Å². The van der Waals surface area contributed by atoms with Crippen LogP contribution in [0.1, 0.15) is 43.8 Å². The van der Waals surface area contributed by atoms with Gasteiger partial charge in [-0.1, -0.05) is 24.6 Å². The molecule has 7 nitrogen and oxygen atoms in total. The van der Waals surface area contributed by atoms with Crippen molar-refractivity contribution < 1.29 is 4.74 Å². The molecule has 1 aromatic carbocycles. The third-order valence-corrected chi connectivity index (χ3v) is 5.59. The Morgan fingerprint density at radius 2 is 1.90 bits per heavy atom. The number of guanidine groups is 1. The Bertz CT molecular complexity index is 786. The van der Waals surface area contributed by atoms with Gasteiger partial charge in [-0.05, 0) is 25.0 Å². The van der Waals surface area contributed by atoms with E-state index in [1.165, 1.54) is 19.3 Å². The van der Waals surface area contributed by atoms with E-state index in [4.69, 9.17) is 4.74 Å². The Morgan fingerprint density at radius 1 is 1.10 bits per heavy atom. The number of benzene rings is 1. The second kappa shape index (κ2) is 10.8. The number of nitrogens with zero attached hydrogens (tertiary/aromatic N) is 5. The van der Waals surface area contributed by atoms with Crippen molar-refractivity contribution in [3.8, 4) is 5.75 Å². The van der Waals surface area contributed by atoms with E-state index in [0.717, 1.165) is 62.3 Å². The summed E-state index contributed by atoms with van der Waals surface area (Å²) in [4.78, 5) is 6.79. The molecule has 0 atom stereocenters. The molecule has 0 amide bonds. The molecule has 2 aromatic rings. The molecule has 29 heavy (non-hydrogen) atoms. The molecule has 158 valence electrons. The quantitative estimate of drug-likeness (QED) is 0.389. The largest absolute Gasteiger partial charge is 0.490 e. The standard InChI is InChI=1S/C21H30N6O.HI/c1-22-21(23-16-20-25-24-19-10-6-3-7-13-27(19)20)26-14-11-18(12-15-26)28-17-8-4-2-5-9-17;/h2,4-5,8-9,18H,3,6-7,10-16H2,1H3,(H,22,23);1H. The number of piperidine rings is 1. The lowest BCUT2D eigenvalue weighted by molar-refractivity contribution is 0.129. The Hall–Kier alpha value is -1.84. The van der Waals surface area contributed by atoms with Crippen molar-refractivity contribution in [2.45, 2.75) is 57.7 Å². The highest BCUT2D eigenvalue weighted by atomic mass is 127. The van der Waals surface area contributed by atoms with Crippen molar-refractivity contribution in [1.29, 1.82) is 0 Å². The zero-order valence-corrected chi connectivity index (χ0v) is 19.4. The lowest BCUT2D eigenvalue weighted by atomic mass is 10.1. The highest BCUT2D eigenvalue weighted by Gasteiger charge is 2.23. The van der Waals surface area contributed by atoms with Crippen LogP contribution in [-0.4, -0.2) is 51.9 Å². The number of ether oxygens (including phenoxy) is 1. The van der Waals surface area contributed by atoms with Crippen LogP contribution < -0.4 is 10.1 Å². The van der Waals surface area contributed by atoms with Crippen molar-refractivity contribution in [3.63, 3.8) is 0 Å². The van der Waals surface area contributed by atoms with E-state index >= 15 is 0 Å². The van der Waals surface area contributed by atoms with Gasteiger partial charge in [0.2, 0.25) is 0 Å². The molecule has 8 heteroatoms. The molecule has 1 N–H and O–H groups in total. The van der Waals surface area contributed by atoms with Crippen LogP contribution in [0.4, 0.5) is 0 Å². The molecule has 0 aliphatic carbocycles. The minimum absolute atomic E-state index is 0. The highest BCUT2D eigenvalue weighted by molar-refractivity contribution is 14.0. The van der Waals surface area contributed by atoms with Crippen LogP contribution in [0.5, 0.6) is 5.75 Å². The van der Waals surface area contributed by atoms with Crippen LogP contribution in [0.3, 0.4) is 0 Å². The SMILES string of the molecule is CN=C(NCc1nnc2n1CCCCC2)N1CCC(Oc2ccccc2)CC1.I. The molecule has 3 heterocycles. The molecule has 0 unspecified atom stereocenters.